The molecule has 0 saturated carbocycles. The number of nitrogens with one attached hydrogen (secondary N) is 1. The third-order valence-corrected chi connectivity index (χ3v) is 8.18. The number of halogens is 2. The lowest BCUT2D eigenvalue weighted by Gasteiger charge is -2.30. The zero-order chi connectivity index (χ0) is 22.7. The summed E-state index contributed by atoms with van der Waals surface area (Å²) in [6, 6.07) is 11.2. The number of nitrogens with zero attached hydrogens (tertiary/aromatic N) is 3. The smallest absolute Gasteiger partial charge is 0.243 e. The van der Waals surface area contributed by atoms with Gasteiger partial charge in [-0.05, 0) is 43.0 Å². The Morgan fingerprint density at radius 1 is 1.31 bits per heavy atom. The highest BCUT2D eigenvalue weighted by atomic mass is 35.5. The highest BCUT2D eigenvalue weighted by Crippen LogP contribution is 2.29. The number of sulfonamides is 1. The first-order valence-corrected chi connectivity index (χ1v) is 12.8. The molecule has 6 nitrogen and oxygen atoms in total. The van der Waals surface area contributed by atoms with E-state index in [2.05, 4.69) is 22.4 Å². The van der Waals surface area contributed by atoms with Gasteiger partial charge in [-0.1, -0.05) is 36.7 Å². The van der Waals surface area contributed by atoms with Crippen molar-refractivity contribution in [1.82, 2.24) is 9.29 Å². The Bertz CT molecular complexity index is 1230. The van der Waals surface area contributed by atoms with E-state index in [1.165, 1.54) is 29.7 Å². The van der Waals surface area contributed by atoms with Gasteiger partial charge in [0.05, 0.1) is 21.8 Å². The average molecular weight is 493 g/mol. The number of benzene rings is 2. The minimum atomic E-state index is -3.55. The van der Waals surface area contributed by atoms with Crippen molar-refractivity contribution in [3.63, 3.8) is 0 Å². The maximum absolute atomic E-state index is 13.8. The quantitative estimate of drug-likeness (QED) is 0.366. The summed E-state index contributed by atoms with van der Waals surface area (Å²) in [5, 5.41) is 6.57. The molecule has 0 bridgehead atoms. The second-order valence-electron chi connectivity index (χ2n) is 7.68. The monoisotopic (exact) mass is 492 g/mol. The first-order chi connectivity index (χ1) is 15.3. The molecule has 1 atom stereocenters. The van der Waals surface area contributed by atoms with Gasteiger partial charge in [-0.2, -0.15) is 9.41 Å². The predicted octanol–water partition coefficient (Wildman–Crippen LogP) is 5.47. The van der Waals surface area contributed by atoms with Crippen molar-refractivity contribution in [2.24, 2.45) is 11.0 Å². The molecule has 0 amide bonds. The van der Waals surface area contributed by atoms with E-state index in [0.717, 1.165) is 12.8 Å². The van der Waals surface area contributed by atoms with Crippen LogP contribution in [0.5, 0.6) is 0 Å². The van der Waals surface area contributed by atoms with Crippen molar-refractivity contribution < 1.29 is 12.8 Å². The minimum absolute atomic E-state index is 0.184. The first kappa shape index (κ1) is 22.8. The van der Waals surface area contributed by atoms with Gasteiger partial charge in [0.15, 0.2) is 0 Å². The lowest BCUT2D eigenvalue weighted by molar-refractivity contribution is 0.281. The average Bonchev–Trinajstić information content (AvgIpc) is 3.25. The summed E-state index contributed by atoms with van der Waals surface area (Å²) in [4.78, 5) is 4.73. The van der Waals surface area contributed by atoms with Crippen LogP contribution in [-0.2, 0) is 10.0 Å². The third-order valence-electron chi connectivity index (χ3n) is 5.25. The van der Waals surface area contributed by atoms with E-state index in [1.54, 1.807) is 28.6 Å². The molecule has 1 aromatic heterocycles. The highest BCUT2D eigenvalue weighted by molar-refractivity contribution is 7.89. The Hall–Kier alpha value is -2.33. The summed E-state index contributed by atoms with van der Waals surface area (Å²) in [6.07, 6.45) is 3.22. The molecule has 1 aliphatic heterocycles. The van der Waals surface area contributed by atoms with Crippen molar-refractivity contribution in [3.8, 4) is 11.3 Å². The predicted molar refractivity (Wildman–Crippen MR) is 127 cm³/mol. The van der Waals surface area contributed by atoms with Crippen molar-refractivity contribution in [2.45, 2.75) is 24.7 Å². The SMILES string of the molecule is CC1CCCN(S(=O)(=O)c2cccc(-c3csc(N/N=C/c4c(F)cccc4Cl)n3)c2)C1. The molecule has 1 saturated heterocycles. The Morgan fingerprint density at radius 2 is 2.12 bits per heavy atom. The molecule has 1 unspecified atom stereocenters. The topological polar surface area (TPSA) is 74.7 Å². The van der Waals surface area contributed by atoms with E-state index >= 15 is 0 Å². The van der Waals surface area contributed by atoms with Crippen LogP contribution in [0.1, 0.15) is 25.3 Å². The molecule has 0 radical (unpaired) electrons. The minimum Gasteiger partial charge on any atom is -0.253 e. The van der Waals surface area contributed by atoms with E-state index in [4.69, 9.17) is 11.6 Å². The van der Waals surface area contributed by atoms with Crippen molar-refractivity contribution in [3.05, 3.63) is 64.2 Å². The zero-order valence-corrected chi connectivity index (χ0v) is 19.7. The largest absolute Gasteiger partial charge is 0.253 e. The molecule has 168 valence electrons. The molecule has 1 N–H and O–H groups in total. The van der Waals surface area contributed by atoms with Gasteiger partial charge in [0.1, 0.15) is 5.82 Å². The molecular formula is C22H22ClFN4O2S2. The molecule has 1 fully saturated rings. The van der Waals surface area contributed by atoms with Crippen LogP contribution >= 0.6 is 22.9 Å². The Labute approximate surface area is 195 Å². The highest BCUT2D eigenvalue weighted by Gasteiger charge is 2.28. The zero-order valence-electron chi connectivity index (χ0n) is 17.3. The number of aromatic nitrogens is 1. The van der Waals surface area contributed by atoms with E-state index in [1.807, 2.05) is 11.4 Å². The standard InChI is InChI=1S/C22H22ClFN4O2S2/c1-15-5-4-10-28(13-15)32(29,30)17-7-2-6-16(11-17)21-14-31-22(26-21)27-25-12-18-19(23)8-3-9-20(18)24/h2-3,6-9,11-12,14-15H,4-5,10,13H2,1H3,(H,26,27)/b25-12+. The molecule has 3 aromatic rings. The number of hydrogen-bond acceptors (Lipinski definition) is 6. The molecule has 2 aromatic carbocycles. The van der Waals surface area contributed by atoms with Gasteiger partial charge < -0.3 is 0 Å². The lowest BCUT2D eigenvalue weighted by atomic mass is 10.0. The van der Waals surface area contributed by atoms with Crippen LogP contribution in [0.2, 0.25) is 5.02 Å². The molecule has 0 spiro atoms. The van der Waals surface area contributed by atoms with Crippen molar-refractivity contribution >= 4 is 44.3 Å². The van der Waals surface area contributed by atoms with Crippen LogP contribution in [0.3, 0.4) is 0 Å². The molecule has 10 heteroatoms. The molecule has 4 rings (SSSR count). The van der Waals surface area contributed by atoms with Gasteiger partial charge in [-0.3, -0.25) is 5.43 Å². The normalized spacial score (nSPS) is 17.7. The number of anilines is 1. The lowest BCUT2D eigenvalue weighted by Crippen LogP contribution is -2.39. The molecular weight excluding hydrogens is 471 g/mol. The van der Waals surface area contributed by atoms with Crippen LogP contribution in [0.25, 0.3) is 11.3 Å². The van der Waals surface area contributed by atoms with Crippen molar-refractivity contribution in [1.29, 1.82) is 0 Å². The Morgan fingerprint density at radius 3 is 2.91 bits per heavy atom. The molecule has 32 heavy (non-hydrogen) atoms. The van der Waals surface area contributed by atoms with Crippen LogP contribution in [0.4, 0.5) is 9.52 Å². The van der Waals surface area contributed by atoms with Gasteiger partial charge >= 0.3 is 0 Å². The van der Waals surface area contributed by atoms with Gasteiger partial charge in [-0.25, -0.2) is 17.8 Å². The fraction of sp³-hybridized carbons (Fsp3) is 0.273. The van der Waals surface area contributed by atoms with Crippen molar-refractivity contribution in [2.75, 3.05) is 18.5 Å². The third kappa shape index (κ3) is 5.01. The molecule has 0 aliphatic carbocycles. The second-order valence-corrected chi connectivity index (χ2v) is 10.9. The second kappa shape index (κ2) is 9.66. The molecule has 2 heterocycles. The maximum Gasteiger partial charge on any atom is 0.243 e. The number of hydrogen-bond donors (Lipinski definition) is 1. The number of piperidine rings is 1. The maximum atomic E-state index is 13.8. The van der Waals surface area contributed by atoms with E-state index < -0.39 is 15.8 Å². The summed E-state index contributed by atoms with van der Waals surface area (Å²) < 4.78 is 41.6. The van der Waals surface area contributed by atoms with Crippen LogP contribution in [0.15, 0.2) is 57.8 Å². The number of rotatable bonds is 6. The number of thiazole rings is 1. The van der Waals surface area contributed by atoms with Crippen LogP contribution in [0, 0.1) is 11.7 Å². The summed E-state index contributed by atoms with van der Waals surface area (Å²) in [6.45, 7) is 3.16. The van der Waals surface area contributed by atoms with Gasteiger partial charge in [-0.15, -0.1) is 11.3 Å². The van der Waals surface area contributed by atoms with Crippen LogP contribution < -0.4 is 5.43 Å². The van der Waals surface area contributed by atoms with Gasteiger partial charge in [0.2, 0.25) is 15.2 Å². The fourth-order valence-corrected chi connectivity index (χ4v) is 6.10. The van der Waals surface area contributed by atoms with E-state index in [-0.39, 0.29) is 15.5 Å². The first-order valence-electron chi connectivity index (χ1n) is 10.1. The van der Waals surface area contributed by atoms with E-state index in [9.17, 15) is 12.8 Å². The summed E-state index contributed by atoms with van der Waals surface area (Å²) in [7, 11) is -3.55. The fourth-order valence-electron chi connectivity index (χ4n) is 3.57. The van der Waals surface area contributed by atoms with Gasteiger partial charge in [0.25, 0.3) is 0 Å². The summed E-state index contributed by atoms with van der Waals surface area (Å²) >= 11 is 7.29. The summed E-state index contributed by atoms with van der Waals surface area (Å²) in [5.41, 5.74) is 4.27. The van der Waals surface area contributed by atoms with Gasteiger partial charge in [0, 0.05) is 29.6 Å². The Kier molecular flexibility index (Phi) is 6.90. The Balaban J connectivity index is 1.50. The van der Waals surface area contributed by atoms with E-state index in [0.29, 0.717) is 35.4 Å². The molecule has 1 aliphatic rings. The van der Waals surface area contributed by atoms with Crippen LogP contribution in [-0.4, -0.2) is 37.0 Å². The summed E-state index contributed by atoms with van der Waals surface area (Å²) in [5.74, 6) is -0.113. The number of hydrazone groups is 1.